The molecule has 1 aliphatic heterocycles. The van der Waals surface area contributed by atoms with Gasteiger partial charge in [0.1, 0.15) is 0 Å². The van der Waals surface area contributed by atoms with Crippen molar-refractivity contribution in [1.29, 1.82) is 0 Å². The van der Waals surface area contributed by atoms with Gasteiger partial charge >= 0.3 is 0 Å². The summed E-state index contributed by atoms with van der Waals surface area (Å²) in [4.78, 5) is 0. The fourth-order valence-electron chi connectivity index (χ4n) is 4.50. The Bertz CT molecular complexity index is 607. The fraction of sp³-hybridized carbons (Fsp3) is 0.611. The third-order valence-corrected chi connectivity index (χ3v) is 5.95. The largest absolute Gasteiger partial charge is 0.454 e. The second-order valence-electron chi connectivity index (χ2n) is 7.14. The Morgan fingerprint density at radius 2 is 2.13 bits per heavy atom. The van der Waals surface area contributed by atoms with Crippen LogP contribution in [-0.4, -0.2) is 17.9 Å². The van der Waals surface area contributed by atoms with E-state index in [1.54, 1.807) is 0 Å². The Labute approximate surface area is 142 Å². The Kier molecular flexibility index (Phi) is 4.05. The van der Waals surface area contributed by atoms with E-state index < -0.39 is 0 Å². The Morgan fingerprint density at radius 1 is 1.26 bits per heavy atom. The van der Waals surface area contributed by atoms with Gasteiger partial charge in [-0.1, -0.05) is 12.5 Å². The second-order valence-corrected chi connectivity index (χ2v) is 7.55. The van der Waals surface area contributed by atoms with Crippen LogP contribution in [0, 0.1) is 17.8 Å². The molecule has 0 aromatic heterocycles. The zero-order valence-corrected chi connectivity index (χ0v) is 14.3. The van der Waals surface area contributed by atoms with Gasteiger partial charge < -0.3 is 20.1 Å². The highest BCUT2D eigenvalue weighted by molar-refractivity contribution is 7.80. The molecule has 0 radical (unpaired) electrons. The summed E-state index contributed by atoms with van der Waals surface area (Å²) in [5.74, 6) is 4.32. The monoisotopic (exact) mass is 332 g/mol. The quantitative estimate of drug-likeness (QED) is 0.829. The van der Waals surface area contributed by atoms with Crippen molar-refractivity contribution in [2.45, 2.75) is 45.2 Å². The Hall–Kier alpha value is -1.49. The van der Waals surface area contributed by atoms with E-state index in [2.05, 4.69) is 17.6 Å². The van der Waals surface area contributed by atoms with Crippen LogP contribution in [-0.2, 0) is 6.54 Å². The molecule has 2 N–H and O–H groups in total. The lowest BCUT2D eigenvalue weighted by Gasteiger charge is -2.29. The number of hydrogen-bond donors (Lipinski definition) is 2. The molecule has 1 aromatic rings. The first-order valence-corrected chi connectivity index (χ1v) is 9.03. The van der Waals surface area contributed by atoms with Crippen LogP contribution in [0.25, 0.3) is 0 Å². The predicted octanol–water partition coefficient (Wildman–Crippen LogP) is 3.20. The van der Waals surface area contributed by atoms with Crippen LogP contribution >= 0.6 is 12.2 Å². The van der Waals surface area contributed by atoms with Crippen LogP contribution in [0.1, 0.15) is 38.2 Å². The van der Waals surface area contributed by atoms with Crippen molar-refractivity contribution in [2.75, 3.05) is 6.79 Å². The Morgan fingerprint density at radius 3 is 2.91 bits per heavy atom. The average molecular weight is 332 g/mol. The molecule has 2 bridgehead atoms. The van der Waals surface area contributed by atoms with Crippen LogP contribution in [0.2, 0.25) is 0 Å². The predicted molar refractivity (Wildman–Crippen MR) is 93.5 cm³/mol. The van der Waals surface area contributed by atoms with Crippen LogP contribution in [0.15, 0.2) is 18.2 Å². The maximum absolute atomic E-state index is 5.47. The molecule has 3 aliphatic rings. The van der Waals surface area contributed by atoms with Crippen LogP contribution < -0.4 is 20.1 Å². The highest BCUT2D eigenvalue weighted by Crippen LogP contribution is 2.49. The van der Waals surface area contributed by atoms with E-state index >= 15 is 0 Å². The van der Waals surface area contributed by atoms with Crippen molar-refractivity contribution in [3.63, 3.8) is 0 Å². The summed E-state index contributed by atoms with van der Waals surface area (Å²) < 4.78 is 10.7. The highest BCUT2D eigenvalue weighted by Gasteiger charge is 2.41. The first-order valence-electron chi connectivity index (χ1n) is 8.62. The maximum Gasteiger partial charge on any atom is 0.231 e. The van der Waals surface area contributed by atoms with Gasteiger partial charge in [0.15, 0.2) is 16.6 Å². The number of nitrogens with one attached hydrogen (secondary N) is 2. The average Bonchev–Trinajstić information content (AvgIpc) is 3.28. The fourth-order valence-corrected chi connectivity index (χ4v) is 4.76. The van der Waals surface area contributed by atoms with Crippen LogP contribution in [0.3, 0.4) is 0 Å². The SMILES string of the molecule is CC(NC(=S)NCc1ccc2c(c1)OCO2)C1CC2CCC1C2. The molecule has 0 saturated heterocycles. The minimum absolute atomic E-state index is 0.313. The van der Waals surface area contributed by atoms with Gasteiger partial charge in [-0.15, -0.1) is 0 Å². The number of rotatable bonds is 4. The second kappa shape index (κ2) is 6.19. The maximum atomic E-state index is 5.47. The van der Waals surface area contributed by atoms with E-state index in [-0.39, 0.29) is 0 Å². The molecule has 4 unspecified atom stereocenters. The van der Waals surface area contributed by atoms with Crippen LogP contribution in [0.5, 0.6) is 11.5 Å². The lowest BCUT2D eigenvalue weighted by molar-refractivity contribution is 0.174. The molecule has 4 atom stereocenters. The number of fused-ring (bicyclic) bond motifs is 3. The zero-order chi connectivity index (χ0) is 15.8. The van der Waals surface area contributed by atoms with Crippen molar-refractivity contribution in [2.24, 2.45) is 17.8 Å². The molecule has 0 spiro atoms. The molecule has 0 amide bonds. The summed E-state index contributed by atoms with van der Waals surface area (Å²) in [5.41, 5.74) is 1.14. The molecule has 2 saturated carbocycles. The molecule has 23 heavy (non-hydrogen) atoms. The van der Waals surface area contributed by atoms with Gasteiger partial charge in [0.25, 0.3) is 0 Å². The molecule has 1 aromatic carbocycles. The minimum atomic E-state index is 0.313. The smallest absolute Gasteiger partial charge is 0.231 e. The lowest BCUT2D eigenvalue weighted by atomic mass is 9.84. The molecule has 4 rings (SSSR count). The number of hydrogen-bond acceptors (Lipinski definition) is 3. The van der Waals surface area contributed by atoms with E-state index in [1.165, 1.54) is 25.7 Å². The lowest BCUT2D eigenvalue weighted by Crippen LogP contribution is -2.44. The third kappa shape index (κ3) is 3.11. The standard InChI is InChI=1S/C18H24N2O2S/c1-11(15-7-12-2-4-14(15)6-12)20-18(23)19-9-13-3-5-16-17(8-13)22-10-21-16/h3,5,8,11-12,14-15H,2,4,6-7,9-10H2,1H3,(H2,19,20,23). The molecule has 124 valence electrons. The molecular formula is C18H24N2O2S. The van der Waals surface area contributed by atoms with Crippen molar-refractivity contribution in [3.8, 4) is 11.5 Å². The van der Waals surface area contributed by atoms with Crippen molar-refractivity contribution in [3.05, 3.63) is 23.8 Å². The molecule has 2 aliphatic carbocycles. The topological polar surface area (TPSA) is 42.5 Å². The summed E-state index contributed by atoms with van der Waals surface area (Å²) in [6, 6.07) is 6.47. The van der Waals surface area contributed by atoms with E-state index in [4.69, 9.17) is 21.7 Å². The van der Waals surface area contributed by atoms with Gasteiger partial charge in [-0.2, -0.15) is 0 Å². The van der Waals surface area contributed by atoms with E-state index in [0.717, 1.165) is 39.9 Å². The minimum Gasteiger partial charge on any atom is -0.454 e. The summed E-state index contributed by atoms with van der Waals surface area (Å²) in [5, 5.41) is 7.55. The number of benzene rings is 1. The van der Waals surface area contributed by atoms with Gasteiger partial charge in [0, 0.05) is 12.6 Å². The van der Waals surface area contributed by atoms with Gasteiger partial charge in [0.2, 0.25) is 6.79 Å². The normalized spacial score (nSPS) is 28.7. The van der Waals surface area contributed by atoms with Crippen LogP contribution in [0.4, 0.5) is 0 Å². The van der Waals surface area contributed by atoms with E-state index in [0.29, 0.717) is 19.4 Å². The van der Waals surface area contributed by atoms with Crippen molar-refractivity contribution in [1.82, 2.24) is 10.6 Å². The Balaban J connectivity index is 1.27. The summed E-state index contributed by atoms with van der Waals surface area (Å²) >= 11 is 5.47. The zero-order valence-electron chi connectivity index (χ0n) is 13.5. The first-order chi connectivity index (χ1) is 11.2. The van der Waals surface area contributed by atoms with Crippen molar-refractivity contribution < 1.29 is 9.47 Å². The van der Waals surface area contributed by atoms with E-state index in [9.17, 15) is 0 Å². The third-order valence-electron chi connectivity index (χ3n) is 5.68. The number of thiocarbonyl (C=S) groups is 1. The summed E-state index contributed by atoms with van der Waals surface area (Å²) in [6.45, 7) is 3.29. The van der Waals surface area contributed by atoms with Gasteiger partial charge in [0.05, 0.1) is 0 Å². The molecule has 2 fully saturated rings. The highest BCUT2D eigenvalue weighted by atomic mass is 32.1. The van der Waals surface area contributed by atoms with Gasteiger partial charge in [-0.3, -0.25) is 0 Å². The van der Waals surface area contributed by atoms with Gasteiger partial charge in [-0.05, 0) is 73.9 Å². The first kappa shape index (κ1) is 15.1. The molecule has 4 nitrogen and oxygen atoms in total. The van der Waals surface area contributed by atoms with Gasteiger partial charge in [-0.25, -0.2) is 0 Å². The molecule has 1 heterocycles. The number of ether oxygens (including phenoxy) is 2. The molecular weight excluding hydrogens is 308 g/mol. The molecule has 5 heteroatoms. The van der Waals surface area contributed by atoms with Crippen molar-refractivity contribution >= 4 is 17.3 Å². The summed E-state index contributed by atoms with van der Waals surface area (Å²) in [6.07, 6.45) is 5.68. The van der Waals surface area contributed by atoms with E-state index in [1.807, 2.05) is 18.2 Å². The summed E-state index contributed by atoms with van der Waals surface area (Å²) in [7, 11) is 0.